The van der Waals surface area contributed by atoms with Gasteiger partial charge in [0.2, 0.25) is 11.8 Å². The molecule has 3 fully saturated rings. The Morgan fingerprint density at radius 2 is 1.95 bits per heavy atom. The molecule has 0 aromatic heterocycles. The predicted molar refractivity (Wildman–Crippen MR) is 78.4 cm³/mol. The summed E-state index contributed by atoms with van der Waals surface area (Å²) >= 11 is 0. The summed E-state index contributed by atoms with van der Waals surface area (Å²) in [5.41, 5.74) is 0. The average molecular weight is 294 g/mol. The molecule has 2 aliphatic carbocycles. The van der Waals surface area contributed by atoms with Gasteiger partial charge in [-0.1, -0.05) is 19.3 Å². The minimum absolute atomic E-state index is 0.0485. The van der Waals surface area contributed by atoms with Crippen LogP contribution in [0.1, 0.15) is 51.4 Å². The number of hydrogen-bond donors (Lipinski definition) is 2. The minimum atomic E-state index is -0.434. The lowest BCUT2D eigenvalue weighted by Gasteiger charge is -2.23. The second-order valence-electron chi connectivity index (χ2n) is 6.96. The van der Waals surface area contributed by atoms with Gasteiger partial charge in [0, 0.05) is 19.5 Å². The van der Waals surface area contributed by atoms with Crippen LogP contribution >= 0.6 is 0 Å². The Kier molecular flexibility index (Phi) is 4.48. The molecule has 1 heterocycles. The number of nitrogens with one attached hydrogen (secondary N) is 1. The smallest absolute Gasteiger partial charge is 0.225 e. The molecule has 21 heavy (non-hydrogen) atoms. The number of aliphatic hydroxyl groups is 1. The van der Waals surface area contributed by atoms with E-state index in [1.54, 1.807) is 0 Å². The Morgan fingerprint density at radius 1 is 1.19 bits per heavy atom. The fraction of sp³-hybridized carbons (Fsp3) is 0.875. The number of hydrogen-bond acceptors (Lipinski definition) is 3. The molecule has 2 amide bonds. The monoisotopic (exact) mass is 294 g/mol. The lowest BCUT2D eigenvalue weighted by Crippen LogP contribution is -2.45. The van der Waals surface area contributed by atoms with E-state index in [0.29, 0.717) is 18.9 Å². The molecule has 0 radical (unpaired) electrons. The fourth-order valence-electron chi connectivity index (χ4n) is 3.49. The number of rotatable bonds is 4. The zero-order valence-corrected chi connectivity index (χ0v) is 12.6. The lowest BCUT2D eigenvalue weighted by atomic mass is 10.0. The van der Waals surface area contributed by atoms with Crippen LogP contribution in [0.4, 0.5) is 0 Å². The summed E-state index contributed by atoms with van der Waals surface area (Å²) in [5, 5.41) is 13.1. The van der Waals surface area contributed by atoms with Crippen LogP contribution in [0.25, 0.3) is 0 Å². The Bertz CT molecular complexity index is 408. The van der Waals surface area contributed by atoms with E-state index in [-0.39, 0.29) is 23.8 Å². The van der Waals surface area contributed by atoms with Crippen LogP contribution < -0.4 is 5.32 Å². The Balaban J connectivity index is 1.51. The Morgan fingerprint density at radius 3 is 2.71 bits per heavy atom. The maximum absolute atomic E-state index is 12.4. The normalized spacial score (nSPS) is 33.9. The molecule has 5 heteroatoms. The van der Waals surface area contributed by atoms with Gasteiger partial charge in [0.25, 0.3) is 0 Å². The third kappa shape index (κ3) is 3.76. The summed E-state index contributed by atoms with van der Waals surface area (Å²) in [4.78, 5) is 26.2. The number of nitrogens with zero attached hydrogens (tertiary/aromatic N) is 1. The first-order valence-corrected chi connectivity index (χ1v) is 8.39. The molecule has 0 aromatic carbocycles. The topological polar surface area (TPSA) is 69.6 Å². The third-order valence-corrected chi connectivity index (χ3v) is 5.07. The molecular weight excluding hydrogens is 268 g/mol. The Labute approximate surface area is 126 Å². The molecule has 3 atom stereocenters. The van der Waals surface area contributed by atoms with Crippen molar-refractivity contribution >= 4 is 11.8 Å². The standard InChI is InChI=1S/C16H26N2O3/c19-14-5-3-1-2-4-13(14)17-16(21)12-8-15(20)18(10-12)9-11-6-7-11/h11-14,19H,1-10H2,(H,17,21). The van der Waals surface area contributed by atoms with Crippen molar-refractivity contribution in [3.8, 4) is 0 Å². The number of amides is 2. The summed E-state index contributed by atoms with van der Waals surface area (Å²) in [5.74, 6) is 0.502. The second kappa shape index (κ2) is 6.34. The van der Waals surface area contributed by atoms with Gasteiger partial charge in [0.05, 0.1) is 18.1 Å². The van der Waals surface area contributed by atoms with E-state index in [9.17, 15) is 14.7 Å². The first kappa shape index (κ1) is 14.8. The average Bonchev–Trinajstić information content (AvgIpc) is 3.22. The zero-order chi connectivity index (χ0) is 14.8. The van der Waals surface area contributed by atoms with Gasteiger partial charge in [0.1, 0.15) is 0 Å². The summed E-state index contributed by atoms with van der Waals surface area (Å²) in [6, 6.07) is -0.132. The van der Waals surface area contributed by atoms with Crippen molar-refractivity contribution in [2.45, 2.75) is 63.5 Å². The van der Waals surface area contributed by atoms with E-state index in [1.807, 2.05) is 4.90 Å². The van der Waals surface area contributed by atoms with Crippen molar-refractivity contribution in [2.24, 2.45) is 11.8 Å². The molecule has 0 spiro atoms. The molecule has 5 nitrogen and oxygen atoms in total. The van der Waals surface area contributed by atoms with E-state index in [0.717, 1.165) is 38.6 Å². The molecule has 3 unspecified atom stereocenters. The van der Waals surface area contributed by atoms with Crippen LogP contribution in [-0.2, 0) is 9.59 Å². The van der Waals surface area contributed by atoms with Crippen LogP contribution in [0.5, 0.6) is 0 Å². The van der Waals surface area contributed by atoms with Crippen LogP contribution in [0.2, 0.25) is 0 Å². The molecular formula is C16H26N2O3. The van der Waals surface area contributed by atoms with Gasteiger partial charge in [-0.25, -0.2) is 0 Å². The van der Waals surface area contributed by atoms with Gasteiger partial charge in [0.15, 0.2) is 0 Å². The van der Waals surface area contributed by atoms with Crippen molar-refractivity contribution in [3.05, 3.63) is 0 Å². The van der Waals surface area contributed by atoms with E-state index < -0.39 is 6.10 Å². The van der Waals surface area contributed by atoms with E-state index >= 15 is 0 Å². The summed E-state index contributed by atoms with van der Waals surface area (Å²) in [7, 11) is 0. The molecule has 0 bridgehead atoms. The summed E-state index contributed by atoms with van der Waals surface area (Å²) in [6.07, 6.45) is 7.16. The van der Waals surface area contributed by atoms with Crippen molar-refractivity contribution < 1.29 is 14.7 Å². The number of aliphatic hydroxyl groups excluding tert-OH is 1. The molecule has 1 saturated heterocycles. The summed E-state index contributed by atoms with van der Waals surface area (Å²) in [6.45, 7) is 1.39. The van der Waals surface area contributed by atoms with Crippen molar-refractivity contribution in [2.75, 3.05) is 13.1 Å². The molecule has 3 aliphatic rings. The number of carbonyl (C=O) groups is 2. The fourth-order valence-corrected chi connectivity index (χ4v) is 3.49. The van der Waals surface area contributed by atoms with Crippen molar-refractivity contribution in [3.63, 3.8) is 0 Å². The van der Waals surface area contributed by atoms with E-state index in [1.165, 1.54) is 12.8 Å². The van der Waals surface area contributed by atoms with Crippen LogP contribution in [0.3, 0.4) is 0 Å². The van der Waals surface area contributed by atoms with Gasteiger partial charge < -0.3 is 15.3 Å². The van der Waals surface area contributed by atoms with Gasteiger partial charge in [-0.2, -0.15) is 0 Å². The second-order valence-corrected chi connectivity index (χ2v) is 6.96. The summed E-state index contributed by atoms with van der Waals surface area (Å²) < 4.78 is 0. The van der Waals surface area contributed by atoms with E-state index in [4.69, 9.17) is 0 Å². The maximum Gasteiger partial charge on any atom is 0.225 e. The highest BCUT2D eigenvalue weighted by Crippen LogP contribution is 2.32. The van der Waals surface area contributed by atoms with Gasteiger partial charge in [-0.05, 0) is 31.6 Å². The number of carbonyl (C=O) groups excluding carboxylic acids is 2. The minimum Gasteiger partial charge on any atom is -0.391 e. The SMILES string of the molecule is O=C(NC1CCCCCC1O)C1CC(=O)N(CC2CC2)C1. The van der Waals surface area contributed by atoms with Crippen LogP contribution in [-0.4, -0.2) is 47.1 Å². The van der Waals surface area contributed by atoms with E-state index in [2.05, 4.69) is 5.32 Å². The van der Waals surface area contributed by atoms with Crippen LogP contribution in [0.15, 0.2) is 0 Å². The largest absolute Gasteiger partial charge is 0.391 e. The third-order valence-electron chi connectivity index (χ3n) is 5.07. The first-order valence-electron chi connectivity index (χ1n) is 8.39. The van der Waals surface area contributed by atoms with Gasteiger partial charge >= 0.3 is 0 Å². The predicted octanol–water partition coefficient (Wildman–Crippen LogP) is 1.05. The molecule has 0 aromatic rings. The highest BCUT2D eigenvalue weighted by atomic mass is 16.3. The molecule has 118 valence electrons. The molecule has 1 aliphatic heterocycles. The first-order chi connectivity index (χ1) is 10.1. The molecule has 2 saturated carbocycles. The Hall–Kier alpha value is -1.10. The molecule has 2 N–H and O–H groups in total. The van der Waals surface area contributed by atoms with Gasteiger partial charge in [-0.3, -0.25) is 9.59 Å². The van der Waals surface area contributed by atoms with Crippen molar-refractivity contribution in [1.82, 2.24) is 10.2 Å². The maximum atomic E-state index is 12.4. The zero-order valence-electron chi connectivity index (χ0n) is 12.6. The van der Waals surface area contributed by atoms with Gasteiger partial charge in [-0.15, -0.1) is 0 Å². The highest BCUT2D eigenvalue weighted by molar-refractivity contribution is 5.89. The lowest BCUT2D eigenvalue weighted by molar-refractivity contribution is -0.129. The highest BCUT2D eigenvalue weighted by Gasteiger charge is 2.38. The quantitative estimate of drug-likeness (QED) is 0.762. The number of likely N-dealkylation sites (tertiary alicyclic amines) is 1. The molecule has 3 rings (SSSR count). The van der Waals surface area contributed by atoms with Crippen molar-refractivity contribution in [1.29, 1.82) is 0 Å². The van der Waals surface area contributed by atoms with Crippen LogP contribution in [0, 0.1) is 11.8 Å².